The molecule has 0 bridgehead atoms. The molecule has 12 heavy (non-hydrogen) atoms. The van der Waals surface area contributed by atoms with Gasteiger partial charge in [-0.15, -0.1) is 0 Å². The van der Waals surface area contributed by atoms with Crippen molar-refractivity contribution in [1.82, 2.24) is 0 Å². The molecule has 0 aliphatic carbocycles. The zero-order valence-electron chi connectivity index (χ0n) is 6.35. The summed E-state index contributed by atoms with van der Waals surface area (Å²) in [6, 6.07) is 0. The van der Waals surface area contributed by atoms with Gasteiger partial charge < -0.3 is 14.9 Å². The minimum Gasteiger partial charge on any atom is -0.480 e. The summed E-state index contributed by atoms with van der Waals surface area (Å²) in [7, 11) is 0. The molecule has 1 aliphatic rings. The lowest BCUT2D eigenvalue weighted by atomic mass is 9.94. The summed E-state index contributed by atoms with van der Waals surface area (Å²) in [5.74, 6) is -2.03. The van der Waals surface area contributed by atoms with E-state index >= 15 is 0 Å². The number of aliphatic hydroxyl groups excluding tert-OH is 1. The first kappa shape index (κ1) is 8.73. The molecule has 0 aromatic heterocycles. The van der Waals surface area contributed by atoms with Crippen LogP contribution in [0.2, 0.25) is 0 Å². The normalized spacial score (nSPS) is 34.5. The molecule has 2 N–H and O–H groups in total. The highest BCUT2D eigenvalue weighted by molar-refractivity contribution is 5.99. The highest BCUT2D eigenvalue weighted by Gasteiger charge is 2.47. The van der Waals surface area contributed by atoms with Crippen LogP contribution in [-0.4, -0.2) is 33.7 Å². The van der Waals surface area contributed by atoms with Crippen molar-refractivity contribution in [2.45, 2.75) is 18.6 Å². The van der Waals surface area contributed by atoms with E-state index < -0.39 is 23.5 Å². The molecule has 1 rings (SSSR count). The van der Waals surface area contributed by atoms with Crippen molar-refractivity contribution in [1.29, 1.82) is 0 Å². The third-order valence-corrected chi connectivity index (χ3v) is 1.76. The quantitative estimate of drug-likeness (QED) is 0.546. The van der Waals surface area contributed by atoms with Gasteiger partial charge in [0.2, 0.25) is 5.60 Å². The van der Waals surface area contributed by atoms with Crippen LogP contribution in [0.15, 0.2) is 12.3 Å². The first-order valence-corrected chi connectivity index (χ1v) is 3.28. The average molecular weight is 172 g/mol. The molecule has 0 aromatic carbocycles. The Labute approximate surface area is 68.3 Å². The van der Waals surface area contributed by atoms with Crippen molar-refractivity contribution >= 4 is 11.8 Å². The Hall–Kier alpha value is -1.36. The first-order valence-electron chi connectivity index (χ1n) is 3.28. The van der Waals surface area contributed by atoms with E-state index in [0.717, 1.165) is 19.3 Å². The van der Waals surface area contributed by atoms with Gasteiger partial charge in [0.25, 0.3) is 0 Å². The van der Waals surface area contributed by atoms with Crippen LogP contribution >= 0.6 is 0 Å². The molecule has 0 amide bonds. The number of carbonyl (C=O) groups is 2. The zero-order chi connectivity index (χ0) is 9.35. The molecular weight excluding hydrogens is 164 g/mol. The summed E-state index contributed by atoms with van der Waals surface area (Å²) >= 11 is 0. The van der Waals surface area contributed by atoms with Crippen molar-refractivity contribution < 1.29 is 24.5 Å². The number of ether oxygens (including phenoxy) is 1. The van der Waals surface area contributed by atoms with E-state index in [9.17, 15) is 9.59 Å². The van der Waals surface area contributed by atoms with E-state index in [2.05, 4.69) is 4.74 Å². The lowest BCUT2D eigenvalue weighted by Crippen LogP contribution is -2.53. The number of hydrogen-bond donors (Lipinski definition) is 2. The summed E-state index contributed by atoms with van der Waals surface area (Å²) in [6.07, 6.45) is 0.332. The monoisotopic (exact) mass is 172 g/mol. The number of aliphatic carboxylic acids is 1. The molecule has 0 radical (unpaired) electrons. The SMILES string of the molecule is CC1(C(=O)O)OC=CC(=O)C1O. The van der Waals surface area contributed by atoms with Crippen LogP contribution in [0, 0.1) is 0 Å². The predicted molar refractivity (Wildman–Crippen MR) is 37.3 cm³/mol. The van der Waals surface area contributed by atoms with E-state index in [1.807, 2.05) is 0 Å². The largest absolute Gasteiger partial charge is 0.480 e. The summed E-state index contributed by atoms with van der Waals surface area (Å²) in [5.41, 5.74) is -1.86. The van der Waals surface area contributed by atoms with Gasteiger partial charge in [-0.05, 0) is 6.92 Å². The lowest BCUT2D eigenvalue weighted by Gasteiger charge is -2.30. The first-order chi connectivity index (χ1) is 5.48. The molecule has 0 aromatic rings. The summed E-state index contributed by atoms with van der Waals surface area (Å²) in [6.45, 7) is 1.14. The van der Waals surface area contributed by atoms with E-state index in [4.69, 9.17) is 10.2 Å². The van der Waals surface area contributed by atoms with Crippen molar-refractivity contribution in [3.8, 4) is 0 Å². The molecule has 5 heteroatoms. The highest BCUT2D eigenvalue weighted by atomic mass is 16.5. The maximum absolute atomic E-state index is 10.8. The summed E-state index contributed by atoms with van der Waals surface area (Å²) in [5, 5.41) is 17.8. The number of ketones is 1. The van der Waals surface area contributed by atoms with Crippen LogP contribution < -0.4 is 0 Å². The number of aliphatic hydroxyl groups is 1. The van der Waals surface area contributed by atoms with Gasteiger partial charge in [-0.2, -0.15) is 0 Å². The Morgan fingerprint density at radius 2 is 2.33 bits per heavy atom. The van der Waals surface area contributed by atoms with Gasteiger partial charge in [0.1, 0.15) is 0 Å². The molecule has 0 fully saturated rings. The lowest BCUT2D eigenvalue weighted by molar-refractivity contribution is -0.174. The number of hydrogen-bond acceptors (Lipinski definition) is 4. The molecule has 0 saturated heterocycles. The van der Waals surface area contributed by atoms with E-state index in [1.54, 1.807) is 0 Å². The summed E-state index contributed by atoms with van der Waals surface area (Å²) < 4.78 is 4.66. The molecule has 0 saturated carbocycles. The number of carboxylic acids is 1. The van der Waals surface area contributed by atoms with Crippen LogP contribution in [-0.2, 0) is 14.3 Å². The van der Waals surface area contributed by atoms with E-state index in [-0.39, 0.29) is 0 Å². The average Bonchev–Trinajstić information content (AvgIpc) is 2.00. The van der Waals surface area contributed by atoms with Crippen LogP contribution in [0.25, 0.3) is 0 Å². The van der Waals surface area contributed by atoms with Crippen molar-refractivity contribution in [3.05, 3.63) is 12.3 Å². The van der Waals surface area contributed by atoms with Gasteiger partial charge in [0.15, 0.2) is 11.9 Å². The van der Waals surface area contributed by atoms with Crippen LogP contribution in [0.1, 0.15) is 6.92 Å². The van der Waals surface area contributed by atoms with Crippen molar-refractivity contribution in [2.24, 2.45) is 0 Å². The topological polar surface area (TPSA) is 83.8 Å². The second-order valence-electron chi connectivity index (χ2n) is 2.64. The zero-order valence-corrected chi connectivity index (χ0v) is 6.35. The molecule has 0 spiro atoms. The molecule has 2 atom stereocenters. The molecule has 66 valence electrons. The Morgan fingerprint density at radius 1 is 1.75 bits per heavy atom. The van der Waals surface area contributed by atoms with Crippen LogP contribution in [0.3, 0.4) is 0 Å². The minimum absolute atomic E-state index is 0.661. The second kappa shape index (κ2) is 2.60. The molecule has 1 aliphatic heterocycles. The third kappa shape index (κ3) is 1.08. The maximum atomic E-state index is 10.8. The number of rotatable bonds is 1. The van der Waals surface area contributed by atoms with Crippen LogP contribution in [0.4, 0.5) is 0 Å². The minimum atomic E-state index is -1.86. The molecule has 1 heterocycles. The van der Waals surface area contributed by atoms with Gasteiger partial charge >= 0.3 is 5.97 Å². The van der Waals surface area contributed by atoms with Crippen LogP contribution in [0.5, 0.6) is 0 Å². The highest BCUT2D eigenvalue weighted by Crippen LogP contribution is 2.21. The van der Waals surface area contributed by atoms with Crippen molar-refractivity contribution in [2.75, 3.05) is 0 Å². The summed E-state index contributed by atoms with van der Waals surface area (Å²) in [4.78, 5) is 21.4. The predicted octanol–water partition coefficient (Wildman–Crippen LogP) is -0.696. The Kier molecular flexibility index (Phi) is 1.89. The number of carbonyl (C=O) groups excluding carboxylic acids is 1. The number of carboxylic acid groups (broad SMARTS) is 1. The molecule has 5 nitrogen and oxygen atoms in total. The maximum Gasteiger partial charge on any atom is 0.351 e. The van der Waals surface area contributed by atoms with Gasteiger partial charge in [-0.1, -0.05) is 0 Å². The van der Waals surface area contributed by atoms with Gasteiger partial charge in [0, 0.05) is 6.08 Å². The smallest absolute Gasteiger partial charge is 0.351 e. The van der Waals surface area contributed by atoms with Gasteiger partial charge in [0.05, 0.1) is 6.26 Å². The fourth-order valence-electron chi connectivity index (χ4n) is 0.837. The third-order valence-electron chi connectivity index (χ3n) is 1.76. The fourth-order valence-corrected chi connectivity index (χ4v) is 0.837. The van der Waals surface area contributed by atoms with Gasteiger partial charge in [-0.25, -0.2) is 4.79 Å². The fraction of sp³-hybridized carbons (Fsp3) is 0.429. The Bertz CT molecular complexity index is 257. The van der Waals surface area contributed by atoms with Gasteiger partial charge in [-0.3, -0.25) is 4.79 Å². The van der Waals surface area contributed by atoms with E-state index in [0.29, 0.717) is 0 Å². The van der Waals surface area contributed by atoms with E-state index in [1.165, 1.54) is 0 Å². The molecule has 2 unspecified atom stereocenters. The Morgan fingerprint density at radius 3 is 2.75 bits per heavy atom. The second-order valence-corrected chi connectivity index (χ2v) is 2.64. The standard InChI is InChI=1S/C7H8O5/c1-7(6(10)11)5(9)4(8)2-3-12-7/h2-3,5,9H,1H3,(H,10,11). The van der Waals surface area contributed by atoms with Crippen molar-refractivity contribution in [3.63, 3.8) is 0 Å². The molecular formula is C7H8O5. The Balaban J connectivity index is 3.00.